The van der Waals surface area contributed by atoms with E-state index < -0.39 is 16.9 Å². The van der Waals surface area contributed by atoms with Crippen molar-refractivity contribution < 1.29 is 13.9 Å². The van der Waals surface area contributed by atoms with Crippen LogP contribution in [0, 0.1) is 17.0 Å². The van der Waals surface area contributed by atoms with Gasteiger partial charge in [-0.25, -0.2) is 13.8 Å². The number of anilines is 2. The van der Waals surface area contributed by atoms with Crippen LogP contribution in [-0.2, 0) is 6.54 Å². The van der Waals surface area contributed by atoms with E-state index in [0.29, 0.717) is 17.1 Å². The highest BCUT2D eigenvalue weighted by Crippen LogP contribution is 2.34. The molecule has 0 unspecified atom stereocenters. The van der Waals surface area contributed by atoms with Gasteiger partial charge in [-0.1, -0.05) is 18.2 Å². The number of aliphatic hydroxyl groups is 1. The van der Waals surface area contributed by atoms with E-state index in [1.54, 1.807) is 18.2 Å². The van der Waals surface area contributed by atoms with Gasteiger partial charge in [0.15, 0.2) is 5.82 Å². The molecule has 4 N–H and O–H groups in total. The second kappa shape index (κ2) is 8.88. The molecule has 0 radical (unpaired) electrons. The lowest BCUT2D eigenvalue weighted by atomic mass is 9.77. The highest BCUT2D eigenvalue weighted by Gasteiger charge is 2.36. The molecule has 1 aromatic carbocycles. The van der Waals surface area contributed by atoms with Crippen molar-refractivity contribution in [3.8, 4) is 5.69 Å². The Hall–Kier alpha value is -3.59. The minimum atomic E-state index is -0.702. The van der Waals surface area contributed by atoms with E-state index in [2.05, 4.69) is 15.6 Å². The fraction of sp³-hybridized carbons (Fsp3) is 0.261. The lowest BCUT2D eigenvalue weighted by Crippen LogP contribution is -2.48. The Morgan fingerprint density at radius 1 is 1.22 bits per heavy atom. The normalized spacial score (nSPS) is 14.5. The van der Waals surface area contributed by atoms with E-state index in [1.165, 1.54) is 24.4 Å². The molecular formula is C23H23F2N5O2. The molecule has 3 aromatic rings. The van der Waals surface area contributed by atoms with E-state index in [9.17, 15) is 18.7 Å². The highest BCUT2D eigenvalue weighted by atomic mass is 19.1. The summed E-state index contributed by atoms with van der Waals surface area (Å²) in [6, 6.07) is 9.20. The zero-order valence-electron chi connectivity index (χ0n) is 17.2. The van der Waals surface area contributed by atoms with Gasteiger partial charge in [0.2, 0.25) is 0 Å². The van der Waals surface area contributed by atoms with Crippen molar-refractivity contribution in [1.82, 2.24) is 9.55 Å². The van der Waals surface area contributed by atoms with Gasteiger partial charge >= 0.3 is 0 Å². The van der Waals surface area contributed by atoms with E-state index in [-0.39, 0.29) is 30.2 Å². The van der Waals surface area contributed by atoms with Crippen LogP contribution in [0.25, 0.3) is 5.69 Å². The molecule has 0 amide bonds. The predicted octanol–water partition coefficient (Wildman–Crippen LogP) is 3.45. The van der Waals surface area contributed by atoms with Crippen LogP contribution in [0.3, 0.4) is 0 Å². The smallest absolute Gasteiger partial charge is 0.266 e. The molecular weight excluding hydrogens is 416 g/mol. The van der Waals surface area contributed by atoms with Gasteiger partial charge in [-0.3, -0.25) is 9.36 Å². The quantitative estimate of drug-likeness (QED) is 0.403. The maximum Gasteiger partial charge on any atom is 0.266 e. The van der Waals surface area contributed by atoms with E-state index in [1.807, 2.05) is 0 Å². The second-order valence-corrected chi connectivity index (χ2v) is 7.85. The summed E-state index contributed by atoms with van der Waals surface area (Å²) >= 11 is 0. The minimum absolute atomic E-state index is 0.0142. The predicted molar refractivity (Wildman–Crippen MR) is 119 cm³/mol. The summed E-state index contributed by atoms with van der Waals surface area (Å²) in [6.45, 7) is 0.0551. The molecule has 2 aromatic heterocycles. The first-order valence-electron chi connectivity index (χ1n) is 10.2. The topological polar surface area (TPSA) is 103 Å². The highest BCUT2D eigenvalue weighted by molar-refractivity contribution is 5.85. The van der Waals surface area contributed by atoms with Gasteiger partial charge in [0.05, 0.1) is 35.3 Å². The molecule has 1 fully saturated rings. The molecule has 2 heterocycles. The molecule has 7 nitrogen and oxygen atoms in total. The molecule has 1 aliphatic rings. The van der Waals surface area contributed by atoms with Crippen LogP contribution in [0.1, 0.15) is 30.4 Å². The van der Waals surface area contributed by atoms with Crippen molar-refractivity contribution in [2.24, 2.45) is 0 Å². The molecule has 0 spiro atoms. The van der Waals surface area contributed by atoms with Gasteiger partial charge in [-0.05, 0) is 31.4 Å². The summed E-state index contributed by atoms with van der Waals surface area (Å²) in [4.78, 5) is 17.1. The lowest BCUT2D eigenvalue weighted by molar-refractivity contribution is 0.144. The van der Waals surface area contributed by atoms with E-state index in [0.717, 1.165) is 36.2 Å². The third-order valence-corrected chi connectivity index (χ3v) is 5.80. The molecule has 9 heteroatoms. The van der Waals surface area contributed by atoms with Crippen LogP contribution in [0.15, 0.2) is 53.6 Å². The number of pyridine rings is 2. The number of aromatic nitrogens is 2. The second-order valence-electron chi connectivity index (χ2n) is 7.85. The zero-order valence-corrected chi connectivity index (χ0v) is 17.2. The Bertz CT molecular complexity index is 1200. The Morgan fingerprint density at radius 2 is 2.00 bits per heavy atom. The summed E-state index contributed by atoms with van der Waals surface area (Å²) in [5, 5.41) is 23.5. The third kappa shape index (κ3) is 4.11. The standard InChI is InChI=1S/C23H23F2N5O2/c24-17-5-2-1-4-15(17)12-27-19-6-9-30(22(32)16(19)11-26)20-10-21(28-13-18(20)25)29-23(14-31)7-3-8-23/h1-2,4-6,9-11,13,26-27,31H,3,7-8,12,14H2,(H,28,29). The first-order valence-corrected chi connectivity index (χ1v) is 10.2. The lowest BCUT2D eigenvalue weighted by Gasteiger charge is -2.41. The fourth-order valence-corrected chi connectivity index (χ4v) is 3.75. The van der Waals surface area contributed by atoms with Crippen LogP contribution in [-0.4, -0.2) is 33.0 Å². The molecule has 1 saturated carbocycles. The summed E-state index contributed by atoms with van der Waals surface area (Å²) in [5.41, 5.74) is -0.337. The van der Waals surface area contributed by atoms with Gasteiger partial charge < -0.3 is 21.1 Å². The number of nitrogens with one attached hydrogen (secondary N) is 3. The van der Waals surface area contributed by atoms with Crippen LogP contribution in [0.5, 0.6) is 0 Å². The largest absolute Gasteiger partial charge is 0.394 e. The molecule has 0 bridgehead atoms. The SMILES string of the molecule is N=Cc1c(NCc2ccccc2F)ccn(-c2cc(NC3(CO)CCC3)ncc2F)c1=O. The number of halogens is 2. The average molecular weight is 439 g/mol. The van der Waals surface area contributed by atoms with Crippen molar-refractivity contribution in [3.05, 3.63) is 81.9 Å². The van der Waals surface area contributed by atoms with Gasteiger partial charge in [0.25, 0.3) is 5.56 Å². The van der Waals surface area contributed by atoms with E-state index in [4.69, 9.17) is 5.41 Å². The van der Waals surface area contributed by atoms with Crippen molar-refractivity contribution in [1.29, 1.82) is 5.41 Å². The molecule has 1 aliphatic carbocycles. The van der Waals surface area contributed by atoms with Gasteiger partial charge in [0.1, 0.15) is 11.6 Å². The molecule has 32 heavy (non-hydrogen) atoms. The first kappa shape index (κ1) is 21.6. The number of aliphatic hydroxyl groups excluding tert-OH is 1. The number of rotatable bonds is 8. The third-order valence-electron chi connectivity index (χ3n) is 5.80. The Labute approximate surface area is 183 Å². The van der Waals surface area contributed by atoms with Gasteiger partial charge in [-0.2, -0.15) is 0 Å². The van der Waals surface area contributed by atoms with Crippen LogP contribution < -0.4 is 16.2 Å². The Morgan fingerprint density at radius 3 is 2.66 bits per heavy atom. The average Bonchev–Trinajstić information content (AvgIpc) is 2.77. The molecule has 166 valence electrons. The molecule has 0 atom stereocenters. The number of benzene rings is 1. The maximum absolute atomic E-state index is 14.6. The number of hydrogen-bond acceptors (Lipinski definition) is 6. The van der Waals surface area contributed by atoms with E-state index >= 15 is 0 Å². The minimum Gasteiger partial charge on any atom is -0.394 e. The van der Waals surface area contributed by atoms with Crippen LogP contribution >= 0.6 is 0 Å². The van der Waals surface area contributed by atoms with Crippen molar-refractivity contribution in [2.45, 2.75) is 31.3 Å². The fourth-order valence-electron chi connectivity index (χ4n) is 3.75. The van der Waals surface area contributed by atoms with Crippen molar-refractivity contribution in [2.75, 3.05) is 17.2 Å². The summed E-state index contributed by atoms with van der Waals surface area (Å²) in [7, 11) is 0. The summed E-state index contributed by atoms with van der Waals surface area (Å²) < 4.78 is 29.6. The van der Waals surface area contributed by atoms with Crippen molar-refractivity contribution >= 4 is 17.7 Å². The molecule has 0 saturated heterocycles. The number of nitrogens with zero attached hydrogens (tertiary/aromatic N) is 2. The maximum atomic E-state index is 14.6. The van der Waals surface area contributed by atoms with Crippen LogP contribution in [0.4, 0.5) is 20.3 Å². The monoisotopic (exact) mass is 439 g/mol. The zero-order chi connectivity index (χ0) is 22.7. The number of hydrogen-bond donors (Lipinski definition) is 4. The van der Waals surface area contributed by atoms with Gasteiger partial charge in [-0.15, -0.1) is 0 Å². The Balaban J connectivity index is 1.64. The van der Waals surface area contributed by atoms with Crippen molar-refractivity contribution in [3.63, 3.8) is 0 Å². The van der Waals surface area contributed by atoms with Crippen LogP contribution in [0.2, 0.25) is 0 Å². The first-order chi connectivity index (χ1) is 15.5. The molecule has 4 rings (SSSR count). The molecule has 0 aliphatic heterocycles. The Kier molecular flexibility index (Phi) is 6.00. The summed E-state index contributed by atoms with van der Waals surface area (Å²) in [6.07, 6.45) is 5.83. The summed E-state index contributed by atoms with van der Waals surface area (Å²) in [5.74, 6) is -0.733. The van der Waals surface area contributed by atoms with Gasteiger partial charge in [0, 0.05) is 30.6 Å².